The molecule has 3 aliphatic heterocycles. The molecule has 1 saturated heterocycles. The Morgan fingerprint density at radius 1 is 1.12 bits per heavy atom. The number of hydrogen-bond donors (Lipinski definition) is 7. The Bertz CT molecular complexity index is 1200. The minimum Gasteiger partial charge on any atom is -0.387 e. The van der Waals surface area contributed by atoms with E-state index in [2.05, 4.69) is 28.1 Å². The summed E-state index contributed by atoms with van der Waals surface area (Å²) >= 11 is 5.21. The molecule has 0 radical (unpaired) electrons. The molecule has 3 aliphatic rings. The maximum Gasteiger partial charge on any atom is 0.490 e. The van der Waals surface area contributed by atoms with Crippen LogP contribution in [0.15, 0.2) is 12.3 Å². The quantitative estimate of drug-likeness (QED) is 0.174. The number of fused-ring (bicyclic) bond motifs is 1. The van der Waals surface area contributed by atoms with Gasteiger partial charge in [0.25, 0.3) is 0 Å². The van der Waals surface area contributed by atoms with Gasteiger partial charge in [-0.25, -0.2) is 18.7 Å². The fraction of sp³-hybridized carbons (Fsp3) is 0.462. The number of phosphoric acid groups is 3. The van der Waals surface area contributed by atoms with Crippen LogP contribution >= 0.6 is 35.7 Å². The molecule has 20 heteroatoms. The summed E-state index contributed by atoms with van der Waals surface area (Å²) in [4.78, 5) is 47.0. The van der Waals surface area contributed by atoms with Crippen LogP contribution < -0.4 is 0 Å². The first kappa shape index (κ1) is 26.6. The van der Waals surface area contributed by atoms with Crippen molar-refractivity contribution in [2.45, 2.75) is 31.3 Å². The summed E-state index contributed by atoms with van der Waals surface area (Å²) in [5, 5.41) is 20.6. The molecule has 0 bridgehead atoms. The summed E-state index contributed by atoms with van der Waals surface area (Å²) < 4.78 is 51.0. The first-order chi connectivity index (χ1) is 15.1. The summed E-state index contributed by atoms with van der Waals surface area (Å²) in [6, 6.07) is 1.48. The Kier molecular flexibility index (Phi) is 7.71. The lowest BCUT2D eigenvalue weighted by Crippen LogP contribution is -2.33. The van der Waals surface area contributed by atoms with Crippen LogP contribution in [0.1, 0.15) is 17.4 Å². The highest BCUT2D eigenvalue weighted by atomic mass is 32.1. The van der Waals surface area contributed by atoms with Crippen molar-refractivity contribution >= 4 is 35.7 Å². The van der Waals surface area contributed by atoms with Gasteiger partial charge in [0.05, 0.1) is 6.61 Å². The first-order valence-electron chi connectivity index (χ1n) is 8.73. The Morgan fingerprint density at radius 2 is 1.79 bits per heavy atom. The van der Waals surface area contributed by atoms with E-state index in [4.69, 9.17) is 31.6 Å². The molecule has 1 fully saturated rings. The molecule has 3 unspecified atom stereocenters. The van der Waals surface area contributed by atoms with Gasteiger partial charge < -0.3 is 39.5 Å². The van der Waals surface area contributed by atoms with Crippen molar-refractivity contribution < 1.29 is 61.4 Å². The van der Waals surface area contributed by atoms with Crippen LogP contribution in [-0.4, -0.2) is 69.7 Å². The van der Waals surface area contributed by atoms with Gasteiger partial charge in [0.2, 0.25) is 0 Å². The van der Waals surface area contributed by atoms with Gasteiger partial charge in [-0.1, -0.05) is 12.2 Å². The van der Waals surface area contributed by atoms with Crippen LogP contribution in [0, 0.1) is 11.6 Å². The summed E-state index contributed by atoms with van der Waals surface area (Å²) in [6.07, 6.45) is -4.39. The molecule has 184 valence electrons. The zero-order valence-corrected chi connectivity index (χ0v) is 19.9. The third kappa shape index (κ3) is 6.78. The fourth-order valence-electron chi connectivity index (χ4n) is 2.89. The van der Waals surface area contributed by atoms with Gasteiger partial charge in [-0.05, 0) is 13.0 Å². The van der Waals surface area contributed by atoms with Gasteiger partial charge >= 0.3 is 23.5 Å². The first-order valence-corrected chi connectivity index (χ1v) is 13.7. The van der Waals surface area contributed by atoms with E-state index in [1.807, 2.05) is 0 Å². The maximum absolute atomic E-state index is 11.8. The average molecular weight is 549 g/mol. The van der Waals surface area contributed by atoms with Crippen molar-refractivity contribution in [1.29, 1.82) is 0 Å². The third-order valence-electron chi connectivity index (χ3n) is 4.19. The number of aliphatic hydroxyl groups excluding tert-OH is 2. The normalized spacial score (nSPS) is 27.4. The van der Waals surface area contributed by atoms with Gasteiger partial charge in [0.15, 0.2) is 5.82 Å². The Morgan fingerprint density at radius 3 is 2.42 bits per heavy atom. The van der Waals surface area contributed by atoms with Crippen molar-refractivity contribution in [3.05, 3.63) is 28.2 Å². The number of aromatic nitrogens is 3. The summed E-state index contributed by atoms with van der Waals surface area (Å²) in [5.41, 5.74) is 1.29. The number of aryl methyl sites for hydroxylation is 1. The second-order valence-corrected chi connectivity index (χ2v) is 11.6. The molecule has 33 heavy (non-hydrogen) atoms. The highest BCUT2D eigenvalue weighted by molar-refractivity contribution is 7.71. The lowest BCUT2D eigenvalue weighted by Gasteiger charge is -2.19. The molecule has 3 rings (SSSR count). The topological polar surface area (TPSA) is 251 Å². The van der Waals surface area contributed by atoms with Crippen molar-refractivity contribution in [1.82, 2.24) is 15.0 Å². The van der Waals surface area contributed by atoms with Gasteiger partial charge in [-0.2, -0.15) is 8.62 Å². The standard InChI is InChI=1S/C13H18N3O13P3S/c1-5-3-14-7-2-6(13(33)16-12(7)15-5)11-10(18)9(17)8(27-11)4-26-31(22,23)29-32(24,25)28-30(19,20)21/h2-3,8-11,17-18H,4H2,1H3,(H,22,23)(H,24,25)(H,15,16,33)(H2,19,20,21)/t8-,9?,10+,11+/m1/s1. The average Bonchev–Trinajstić information content (AvgIpc) is 2.91. The maximum atomic E-state index is 11.8. The minimum absolute atomic E-state index is 0.0240. The van der Waals surface area contributed by atoms with E-state index >= 15 is 0 Å². The highest BCUT2D eigenvalue weighted by Gasteiger charge is 2.46. The molecule has 0 aromatic heterocycles. The van der Waals surface area contributed by atoms with E-state index in [9.17, 15) is 28.8 Å². The lowest BCUT2D eigenvalue weighted by molar-refractivity contribution is -0.0224. The van der Waals surface area contributed by atoms with E-state index in [-0.39, 0.29) is 10.2 Å². The number of aliphatic hydroxyl groups is 2. The number of nitrogens with one attached hydrogen (secondary N) is 1. The fourth-order valence-corrected chi connectivity index (χ4v) is 6.19. The number of nitrogens with zero attached hydrogens (tertiary/aromatic N) is 2. The molecule has 7 N–H and O–H groups in total. The number of phosphoric ester groups is 1. The van der Waals surface area contributed by atoms with Crippen LogP contribution in [0.5, 0.6) is 0 Å². The molecular formula is C13H18N3O13P3S. The molecule has 0 aromatic rings. The Hall–Kier alpha value is -1.00. The van der Waals surface area contributed by atoms with E-state index in [1.165, 1.54) is 12.3 Å². The third-order valence-corrected chi connectivity index (χ3v) is 8.32. The number of aromatic amines is 1. The molecule has 0 aliphatic carbocycles. The van der Waals surface area contributed by atoms with E-state index in [0.29, 0.717) is 11.5 Å². The summed E-state index contributed by atoms with van der Waals surface area (Å²) in [7, 11) is -16.7. The molecule has 0 aromatic carbocycles. The highest BCUT2D eigenvalue weighted by Crippen LogP contribution is 2.66. The van der Waals surface area contributed by atoms with Crippen molar-refractivity contribution in [2.24, 2.45) is 0 Å². The monoisotopic (exact) mass is 549 g/mol. The largest absolute Gasteiger partial charge is 0.490 e. The molecular weight excluding hydrogens is 531 g/mol. The number of hydrogen-bond acceptors (Lipinski definition) is 12. The van der Waals surface area contributed by atoms with Gasteiger partial charge in [0.1, 0.15) is 34.8 Å². The Labute approximate surface area is 190 Å². The van der Waals surface area contributed by atoms with Gasteiger partial charge in [-0.3, -0.25) is 9.51 Å². The second-order valence-electron chi connectivity index (χ2n) is 6.78. The zero-order chi connectivity index (χ0) is 24.8. The summed E-state index contributed by atoms with van der Waals surface area (Å²) in [6.45, 7) is 0.810. The molecule has 0 spiro atoms. The molecule has 16 nitrogen and oxygen atoms in total. The van der Waals surface area contributed by atoms with Crippen LogP contribution in [0.4, 0.5) is 0 Å². The SMILES string of the molecule is Cc1cnc2cc([C@@H]3O[C@H](COP(=O)(O)OP(=O)(O)OP(=O)(O)O)C(O)[C@@H]3O)c(=S)nc-2[nH]1. The predicted octanol–water partition coefficient (Wildman–Crippen LogP) is 0.452. The molecule has 0 amide bonds. The predicted molar refractivity (Wildman–Crippen MR) is 108 cm³/mol. The molecule has 3 heterocycles. The van der Waals surface area contributed by atoms with Gasteiger partial charge in [0, 0.05) is 17.5 Å². The van der Waals surface area contributed by atoms with Crippen LogP contribution in [0.2, 0.25) is 0 Å². The van der Waals surface area contributed by atoms with Crippen LogP contribution in [-0.2, 0) is 31.6 Å². The van der Waals surface area contributed by atoms with Crippen molar-refractivity contribution in [3.8, 4) is 11.5 Å². The zero-order valence-electron chi connectivity index (χ0n) is 16.4. The Balaban J connectivity index is 1.73. The number of ether oxygens (including phenoxy) is 1. The number of rotatable bonds is 8. The van der Waals surface area contributed by atoms with E-state index in [0.717, 1.165) is 5.69 Å². The lowest BCUT2D eigenvalue weighted by atomic mass is 10.0. The van der Waals surface area contributed by atoms with E-state index in [1.54, 1.807) is 6.92 Å². The smallest absolute Gasteiger partial charge is 0.387 e. The second kappa shape index (κ2) is 9.57. The van der Waals surface area contributed by atoms with Crippen LogP contribution in [0.25, 0.3) is 11.5 Å². The molecule has 0 saturated carbocycles. The number of H-pyrrole nitrogens is 1. The van der Waals surface area contributed by atoms with Crippen LogP contribution in [0.3, 0.4) is 0 Å². The van der Waals surface area contributed by atoms with E-state index < -0.39 is 54.5 Å². The number of pyridine rings is 1. The minimum atomic E-state index is -5.70. The van der Waals surface area contributed by atoms with Gasteiger partial charge in [-0.15, -0.1) is 0 Å². The molecule has 6 atom stereocenters. The van der Waals surface area contributed by atoms with Crippen molar-refractivity contribution in [2.75, 3.05) is 6.61 Å². The summed E-state index contributed by atoms with van der Waals surface area (Å²) in [5.74, 6) is 0.376. The van der Waals surface area contributed by atoms with Crippen molar-refractivity contribution in [3.63, 3.8) is 0 Å².